The second-order valence-electron chi connectivity index (χ2n) is 8.47. The molecule has 2 N–H and O–H groups in total. The maximum atomic E-state index is 4.45. The maximum Gasteiger partial charge on any atom is 0.191 e. The predicted octanol–water partition coefficient (Wildman–Crippen LogP) is 3.95. The average Bonchev–Trinajstić information content (AvgIpc) is 2.77. The van der Waals surface area contributed by atoms with Gasteiger partial charge in [0.25, 0.3) is 0 Å². The third kappa shape index (κ3) is 5.76. The lowest BCUT2D eigenvalue weighted by atomic mass is 10.0. The van der Waals surface area contributed by atoms with E-state index in [2.05, 4.69) is 102 Å². The number of nitrogens with one attached hydrogen (secondary N) is 2. The molecule has 0 amide bonds. The van der Waals surface area contributed by atoms with E-state index >= 15 is 0 Å². The molecule has 2 aromatic rings. The molecule has 1 aliphatic heterocycles. The van der Waals surface area contributed by atoms with Gasteiger partial charge >= 0.3 is 0 Å². The van der Waals surface area contributed by atoms with Gasteiger partial charge in [-0.15, -0.1) is 0 Å². The lowest BCUT2D eigenvalue weighted by Crippen LogP contribution is -2.48. The zero-order valence-corrected chi connectivity index (χ0v) is 19.2. The molecular weight excluding hydrogens is 370 g/mol. The fraction of sp³-hybridized carbons (Fsp3) is 0.480. The Hall–Kier alpha value is -2.53. The van der Waals surface area contributed by atoms with E-state index in [1.54, 1.807) is 0 Å². The summed E-state index contributed by atoms with van der Waals surface area (Å²) in [5.74, 6) is 0.889. The maximum absolute atomic E-state index is 4.45. The van der Waals surface area contributed by atoms with E-state index in [-0.39, 0.29) is 0 Å². The van der Waals surface area contributed by atoms with Crippen LogP contribution in [0, 0.1) is 6.92 Å². The van der Waals surface area contributed by atoms with Gasteiger partial charge in [0.05, 0.1) is 0 Å². The number of piperidine rings is 1. The molecule has 0 saturated carbocycles. The van der Waals surface area contributed by atoms with Crippen LogP contribution in [0.3, 0.4) is 0 Å². The summed E-state index contributed by atoms with van der Waals surface area (Å²) in [6, 6.07) is 18.3. The quantitative estimate of drug-likeness (QED) is 0.562. The zero-order valence-electron chi connectivity index (χ0n) is 19.2. The number of nitrogens with zero attached hydrogens (tertiary/aromatic N) is 3. The Morgan fingerprint density at radius 2 is 1.83 bits per heavy atom. The Bertz CT molecular complexity index is 823. The molecule has 30 heavy (non-hydrogen) atoms. The highest BCUT2D eigenvalue weighted by Crippen LogP contribution is 2.24. The van der Waals surface area contributed by atoms with Crippen LogP contribution in [-0.2, 0) is 6.54 Å². The van der Waals surface area contributed by atoms with Crippen LogP contribution in [0.15, 0.2) is 53.5 Å². The SMILES string of the molecule is CN=C(NCc1ccc(N(C)C)cc1C)NC1CCN(C(C)c2ccccc2)CC1. The van der Waals surface area contributed by atoms with Crippen LogP contribution in [-0.4, -0.2) is 51.1 Å². The van der Waals surface area contributed by atoms with E-state index < -0.39 is 0 Å². The Morgan fingerprint density at radius 3 is 2.43 bits per heavy atom. The third-order valence-corrected chi connectivity index (χ3v) is 6.21. The standard InChI is InChI=1S/C25H37N5/c1-19-17-24(29(4)5)12-11-22(19)18-27-25(26-3)28-23-13-15-30(16-14-23)20(2)21-9-7-6-8-10-21/h6-12,17,20,23H,13-16,18H2,1-5H3,(H2,26,27,28). The number of aryl methyl sites for hydroxylation is 1. The van der Waals surface area contributed by atoms with Crippen molar-refractivity contribution in [3.05, 3.63) is 65.2 Å². The summed E-state index contributed by atoms with van der Waals surface area (Å²) in [7, 11) is 6.00. The van der Waals surface area contributed by atoms with Crippen LogP contribution >= 0.6 is 0 Å². The van der Waals surface area contributed by atoms with Crippen molar-refractivity contribution >= 4 is 11.6 Å². The highest BCUT2D eigenvalue weighted by molar-refractivity contribution is 5.80. The minimum atomic E-state index is 0.465. The summed E-state index contributed by atoms with van der Waals surface area (Å²) in [4.78, 5) is 9.16. The second kappa shape index (κ2) is 10.5. The second-order valence-corrected chi connectivity index (χ2v) is 8.47. The van der Waals surface area contributed by atoms with Crippen LogP contribution in [0.1, 0.15) is 42.5 Å². The first kappa shape index (κ1) is 22.2. The molecule has 3 rings (SSSR count). The molecule has 1 fully saturated rings. The summed E-state index contributed by atoms with van der Waals surface area (Å²) < 4.78 is 0. The van der Waals surface area contributed by atoms with Crippen LogP contribution in [0.25, 0.3) is 0 Å². The summed E-state index contributed by atoms with van der Waals surface area (Å²) in [6.45, 7) is 7.48. The van der Waals surface area contributed by atoms with Crippen molar-refractivity contribution in [2.24, 2.45) is 4.99 Å². The number of aliphatic imine (C=N–C) groups is 1. The van der Waals surface area contributed by atoms with E-state index in [1.807, 2.05) is 7.05 Å². The number of hydrogen-bond donors (Lipinski definition) is 2. The fourth-order valence-electron chi connectivity index (χ4n) is 4.10. The van der Waals surface area contributed by atoms with Crippen molar-refractivity contribution in [2.75, 3.05) is 39.1 Å². The molecule has 2 aromatic carbocycles. The van der Waals surface area contributed by atoms with Gasteiger partial charge in [0.2, 0.25) is 0 Å². The lowest BCUT2D eigenvalue weighted by molar-refractivity contribution is 0.158. The van der Waals surface area contributed by atoms with Crippen molar-refractivity contribution in [2.45, 2.75) is 45.3 Å². The zero-order chi connectivity index (χ0) is 21.5. The number of anilines is 1. The summed E-state index contributed by atoms with van der Waals surface area (Å²) in [6.07, 6.45) is 2.27. The molecule has 1 unspecified atom stereocenters. The Balaban J connectivity index is 1.48. The van der Waals surface area contributed by atoms with E-state index in [9.17, 15) is 0 Å². The first-order chi connectivity index (χ1) is 14.5. The molecule has 0 spiro atoms. The van der Waals surface area contributed by atoms with E-state index in [0.717, 1.165) is 38.4 Å². The molecule has 1 saturated heterocycles. The van der Waals surface area contributed by atoms with Gasteiger partial charge in [0.1, 0.15) is 0 Å². The highest BCUT2D eigenvalue weighted by atomic mass is 15.2. The third-order valence-electron chi connectivity index (χ3n) is 6.21. The van der Waals surface area contributed by atoms with E-state index in [0.29, 0.717) is 12.1 Å². The first-order valence-electron chi connectivity index (χ1n) is 11.0. The topological polar surface area (TPSA) is 42.9 Å². The van der Waals surface area contributed by atoms with Crippen LogP contribution < -0.4 is 15.5 Å². The average molecular weight is 408 g/mol. The minimum Gasteiger partial charge on any atom is -0.378 e. The molecule has 0 aliphatic carbocycles. The molecule has 0 aromatic heterocycles. The van der Waals surface area contributed by atoms with Gasteiger partial charge in [-0.2, -0.15) is 0 Å². The number of benzene rings is 2. The molecule has 0 radical (unpaired) electrons. The van der Waals surface area contributed by atoms with Gasteiger partial charge in [-0.3, -0.25) is 9.89 Å². The van der Waals surface area contributed by atoms with Crippen molar-refractivity contribution in [3.8, 4) is 0 Å². The first-order valence-corrected chi connectivity index (χ1v) is 11.0. The van der Waals surface area contributed by atoms with Gasteiger partial charge < -0.3 is 15.5 Å². The smallest absolute Gasteiger partial charge is 0.191 e. The molecule has 5 heteroatoms. The Morgan fingerprint density at radius 1 is 1.13 bits per heavy atom. The Labute approximate surface area is 182 Å². The van der Waals surface area contributed by atoms with E-state index in [1.165, 1.54) is 22.4 Å². The van der Waals surface area contributed by atoms with Crippen molar-refractivity contribution < 1.29 is 0 Å². The molecule has 1 aliphatic rings. The molecule has 162 valence electrons. The summed E-state index contributed by atoms with van der Waals surface area (Å²) in [5, 5.41) is 7.12. The molecule has 5 nitrogen and oxygen atoms in total. The molecule has 1 heterocycles. The highest BCUT2D eigenvalue weighted by Gasteiger charge is 2.24. The van der Waals surface area contributed by atoms with Gasteiger partial charge in [-0.25, -0.2) is 0 Å². The van der Waals surface area contributed by atoms with Crippen molar-refractivity contribution in [3.63, 3.8) is 0 Å². The van der Waals surface area contributed by atoms with Crippen LogP contribution in [0.5, 0.6) is 0 Å². The van der Waals surface area contributed by atoms with Crippen LogP contribution in [0.4, 0.5) is 5.69 Å². The number of guanidine groups is 1. The number of rotatable bonds is 6. The normalized spacial score (nSPS) is 16.9. The number of likely N-dealkylation sites (tertiary alicyclic amines) is 1. The molecule has 1 atom stereocenters. The van der Waals surface area contributed by atoms with Gasteiger partial charge in [0.15, 0.2) is 5.96 Å². The fourth-order valence-corrected chi connectivity index (χ4v) is 4.10. The van der Waals surface area contributed by atoms with Gasteiger partial charge in [-0.05, 0) is 55.5 Å². The predicted molar refractivity (Wildman–Crippen MR) is 128 cm³/mol. The van der Waals surface area contributed by atoms with Gasteiger partial charge in [0, 0.05) is 58.5 Å². The van der Waals surface area contributed by atoms with Gasteiger partial charge in [-0.1, -0.05) is 36.4 Å². The largest absolute Gasteiger partial charge is 0.378 e. The summed E-state index contributed by atoms with van der Waals surface area (Å²) in [5.41, 5.74) is 5.23. The minimum absolute atomic E-state index is 0.465. The molecule has 0 bridgehead atoms. The van der Waals surface area contributed by atoms with Crippen LogP contribution in [0.2, 0.25) is 0 Å². The number of hydrogen-bond acceptors (Lipinski definition) is 3. The Kier molecular flexibility index (Phi) is 7.75. The summed E-state index contributed by atoms with van der Waals surface area (Å²) >= 11 is 0. The van der Waals surface area contributed by atoms with Crippen molar-refractivity contribution in [1.82, 2.24) is 15.5 Å². The molecular formula is C25H37N5. The lowest BCUT2D eigenvalue weighted by Gasteiger charge is -2.37. The van der Waals surface area contributed by atoms with Crippen molar-refractivity contribution in [1.29, 1.82) is 0 Å². The van der Waals surface area contributed by atoms with E-state index in [4.69, 9.17) is 0 Å². The monoisotopic (exact) mass is 407 g/mol.